The van der Waals surface area contributed by atoms with E-state index in [0.717, 1.165) is 12.2 Å². The summed E-state index contributed by atoms with van der Waals surface area (Å²) < 4.78 is 13.3. The van der Waals surface area contributed by atoms with Crippen molar-refractivity contribution in [2.75, 3.05) is 17.2 Å². The first-order chi connectivity index (χ1) is 7.18. The number of benzene rings is 1. The molecule has 1 heterocycles. The number of nitrogens with zero attached hydrogens (tertiary/aromatic N) is 1. The highest BCUT2D eigenvalue weighted by Gasteiger charge is 2.18. The predicted octanol–water partition coefficient (Wildman–Crippen LogP) is 2.79. The zero-order valence-electron chi connectivity index (χ0n) is 9.04. The number of nitrogens with two attached hydrogens (primary N) is 1. The van der Waals surface area contributed by atoms with Crippen molar-refractivity contribution in [2.24, 2.45) is 0 Å². The van der Waals surface area contributed by atoms with Gasteiger partial charge in [-0.2, -0.15) is 0 Å². The van der Waals surface area contributed by atoms with E-state index in [1.54, 1.807) is 6.07 Å². The summed E-state index contributed by atoms with van der Waals surface area (Å²) in [5.41, 5.74) is 6.64. The van der Waals surface area contributed by atoms with Crippen molar-refractivity contribution in [3.63, 3.8) is 0 Å². The average Bonchev–Trinajstić information content (AvgIpc) is 2.23. The van der Waals surface area contributed by atoms with Gasteiger partial charge < -0.3 is 10.6 Å². The van der Waals surface area contributed by atoms with E-state index >= 15 is 0 Å². The van der Waals surface area contributed by atoms with Crippen molar-refractivity contribution < 1.29 is 4.39 Å². The highest BCUT2D eigenvalue weighted by molar-refractivity contribution is 5.54. The van der Waals surface area contributed by atoms with E-state index in [1.807, 2.05) is 6.07 Å². The molecule has 2 nitrogen and oxygen atoms in total. The van der Waals surface area contributed by atoms with E-state index < -0.39 is 0 Å². The lowest BCUT2D eigenvalue weighted by atomic mass is 10.0. The Hall–Kier alpha value is -1.25. The summed E-state index contributed by atoms with van der Waals surface area (Å²) >= 11 is 0. The zero-order chi connectivity index (χ0) is 10.8. The first kappa shape index (κ1) is 10.3. The maximum Gasteiger partial charge on any atom is 0.148 e. The Morgan fingerprint density at radius 1 is 1.40 bits per heavy atom. The normalized spacial score (nSPS) is 21.7. The van der Waals surface area contributed by atoms with Gasteiger partial charge in [-0.1, -0.05) is 0 Å². The molecule has 0 radical (unpaired) electrons. The lowest BCUT2D eigenvalue weighted by Crippen LogP contribution is -2.37. The van der Waals surface area contributed by atoms with Crippen molar-refractivity contribution in [3.8, 4) is 0 Å². The highest BCUT2D eigenvalue weighted by atomic mass is 19.1. The molecular weight excluding hydrogens is 191 g/mol. The molecule has 2 rings (SSSR count). The maximum atomic E-state index is 13.3. The molecule has 1 aliphatic heterocycles. The summed E-state index contributed by atoms with van der Waals surface area (Å²) in [4.78, 5) is 2.26. The van der Waals surface area contributed by atoms with Crippen LogP contribution in [0.15, 0.2) is 18.2 Å². The first-order valence-electron chi connectivity index (χ1n) is 5.50. The Morgan fingerprint density at radius 2 is 2.20 bits per heavy atom. The number of hydrogen-bond donors (Lipinski definition) is 1. The van der Waals surface area contributed by atoms with Gasteiger partial charge in [0.2, 0.25) is 0 Å². The molecule has 0 bridgehead atoms. The van der Waals surface area contributed by atoms with Gasteiger partial charge in [0.05, 0.1) is 5.69 Å². The molecule has 1 aromatic rings. The standard InChI is InChI=1S/C12H17FN2/c1-9-4-2-3-7-15(9)10-5-6-12(14)11(13)8-10/h5-6,8-9H,2-4,7,14H2,1H3. The Bertz CT molecular complexity index is 351. The van der Waals surface area contributed by atoms with Crippen molar-refractivity contribution in [1.82, 2.24) is 0 Å². The third kappa shape index (κ3) is 2.06. The Kier molecular flexibility index (Phi) is 2.80. The molecule has 0 aromatic heterocycles. The molecule has 0 saturated carbocycles. The van der Waals surface area contributed by atoms with Crippen LogP contribution in [0.1, 0.15) is 26.2 Å². The average molecular weight is 208 g/mol. The summed E-state index contributed by atoms with van der Waals surface area (Å²) in [5, 5.41) is 0. The fraction of sp³-hybridized carbons (Fsp3) is 0.500. The summed E-state index contributed by atoms with van der Waals surface area (Å²) in [6.45, 7) is 3.21. The van der Waals surface area contributed by atoms with Gasteiger partial charge in [0.25, 0.3) is 0 Å². The van der Waals surface area contributed by atoms with Gasteiger partial charge in [0.15, 0.2) is 0 Å². The molecule has 15 heavy (non-hydrogen) atoms. The molecule has 1 aromatic carbocycles. The van der Waals surface area contributed by atoms with Crippen molar-refractivity contribution in [3.05, 3.63) is 24.0 Å². The van der Waals surface area contributed by atoms with Crippen molar-refractivity contribution in [2.45, 2.75) is 32.2 Å². The first-order valence-corrected chi connectivity index (χ1v) is 5.50. The number of anilines is 2. The second kappa shape index (κ2) is 4.09. The smallest absolute Gasteiger partial charge is 0.148 e. The minimum Gasteiger partial charge on any atom is -0.396 e. The number of piperidine rings is 1. The van der Waals surface area contributed by atoms with Crippen molar-refractivity contribution >= 4 is 11.4 Å². The molecule has 1 atom stereocenters. The third-order valence-corrected chi connectivity index (χ3v) is 3.12. The van der Waals surface area contributed by atoms with Gasteiger partial charge in [0.1, 0.15) is 5.82 Å². The number of halogens is 1. The maximum absolute atomic E-state index is 13.3. The molecule has 1 aliphatic rings. The Balaban J connectivity index is 2.24. The van der Waals surface area contributed by atoms with E-state index in [4.69, 9.17) is 5.73 Å². The molecule has 1 unspecified atom stereocenters. The minimum atomic E-state index is -0.315. The van der Waals surface area contributed by atoms with Crippen LogP contribution in [0.5, 0.6) is 0 Å². The zero-order valence-corrected chi connectivity index (χ0v) is 9.04. The van der Waals surface area contributed by atoms with E-state index in [1.165, 1.54) is 25.3 Å². The van der Waals surface area contributed by atoms with Gasteiger partial charge in [-0.15, -0.1) is 0 Å². The lowest BCUT2D eigenvalue weighted by molar-refractivity contribution is 0.484. The van der Waals surface area contributed by atoms with Crippen LogP contribution in [0.4, 0.5) is 15.8 Å². The summed E-state index contributed by atoms with van der Waals surface area (Å²) in [5.74, 6) is -0.315. The topological polar surface area (TPSA) is 29.3 Å². The quantitative estimate of drug-likeness (QED) is 0.719. The molecule has 1 fully saturated rings. The van der Waals surface area contributed by atoms with Gasteiger partial charge in [0, 0.05) is 18.3 Å². The molecule has 82 valence electrons. The molecule has 0 spiro atoms. The molecule has 0 amide bonds. The van der Waals surface area contributed by atoms with Crippen LogP contribution in [0.25, 0.3) is 0 Å². The number of hydrogen-bond acceptors (Lipinski definition) is 2. The van der Waals surface area contributed by atoms with Gasteiger partial charge in [-0.25, -0.2) is 4.39 Å². The summed E-state index contributed by atoms with van der Waals surface area (Å²) in [6, 6.07) is 5.59. The van der Waals surface area contributed by atoms with Crippen molar-refractivity contribution in [1.29, 1.82) is 0 Å². The largest absolute Gasteiger partial charge is 0.396 e. The van der Waals surface area contributed by atoms with E-state index in [0.29, 0.717) is 6.04 Å². The molecule has 1 saturated heterocycles. The van der Waals surface area contributed by atoms with Crippen LogP contribution >= 0.6 is 0 Å². The Morgan fingerprint density at radius 3 is 2.87 bits per heavy atom. The lowest BCUT2D eigenvalue weighted by Gasteiger charge is -2.35. The van der Waals surface area contributed by atoms with Crippen LogP contribution in [0, 0.1) is 5.82 Å². The summed E-state index contributed by atoms with van der Waals surface area (Å²) in [6.07, 6.45) is 3.65. The van der Waals surface area contributed by atoms with Crippen LogP contribution in [0.3, 0.4) is 0 Å². The SMILES string of the molecule is CC1CCCCN1c1ccc(N)c(F)c1. The molecular formula is C12H17FN2. The molecule has 3 heteroatoms. The summed E-state index contributed by atoms with van der Waals surface area (Å²) in [7, 11) is 0. The molecule has 2 N–H and O–H groups in total. The second-order valence-electron chi connectivity index (χ2n) is 4.24. The van der Waals surface area contributed by atoms with Gasteiger partial charge in [-0.3, -0.25) is 0 Å². The van der Waals surface area contributed by atoms with Crippen LogP contribution in [-0.4, -0.2) is 12.6 Å². The van der Waals surface area contributed by atoms with E-state index in [9.17, 15) is 4.39 Å². The number of nitrogen functional groups attached to an aromatic ring is 1. The minimum absolute atomic E-state index is 0.225. The third-order valence-electron chi connectivity index (χ3n) is 3.12. The number of rotatable bonds is 1. The monoisotopic (exact) mass is 208 g/mol. The predicted molar refractivity (Wildman–Crippen MR) is 61.5 cm³/mol. The van der Waals surface area contributed by atoms with Crippen LogP contribution in [0.2, 0.25) is 0 Å². The second-order valence-corrected chi connectivity index (χ2v) is 4.24. The van der Waals surface area contributed by atoms with Crippen LogP contribution in [-0.2, 0) is 0 Å². The molecule has 0 aliphatic carbocycles. The fourth-order valence-electron chi connectivity index (χ4n) is 2.18. The Labute approximate surface area is 89.9 Å². The highest BCUT2D eigenvalue weighted by Crippen LogP contribution is 2.26. The fourth-order valence-corrected chi connectivity index (χ4v) is 2.18. The van der Waals surface area contributed by atoms with E-state index in [-0.39, 0.29) is 11.5 Å². The van der Waals surface area contributed by atoms with Crippen LogP contribution < -0.4 is 10.6 Å². The van der Waals surface area contributed by atoms with Gasteiger partial charge >= 0.3 is 0 Å². The van der Waals surface area contributed by atoms with E-state index in [2.05, 4.69) is 11.8 Å². The van der Waals surface area contributed by atoms with Gasteiger partial charge in [-0.05, 0) is 44.4 Å².